The van der Waals surface area contributed by atoms with Crippen LogP contribution in [0.15, 0.2) is 42.5 Å². The normalized spacial score (nSPS) is 22.8. The maximum absolute atomic E-state index is 13.2. The van der Waals surface area contributed by atoms with Crippen molar-refractivity contribution in [3.8, 4) is 11.5 Å². The number of hydrogen-bond donors (Lipinski definition) is 2. The number of benzene rings is 2. The number of rotatable bonds is 3. The summed E-state index contributed by atoms with van der Waals surface area (Å²) < 4.78 is 10.8. The van der Waals surface area contributed by atoms with Gasteiger partial charge in [0.2, 0.25) is 0 Å². The van der Waals surface area contributed by atoms with Gasteiger partial charge in [-0.3, -0.25) is 4.79 Å². The highest BCUT2D eigenvalue weighted by atomic mass is 16.5. The fourth-order valence-corrected chi connectivity index (χ4v) is 4.81. The van der Waals surface area contributed by atoms with Gasteiger partial charge in [0.25, 0.3) is 5.91 Å². The van der Waals surface area contributed by atoms with E-state index in [4.69, 9.17) is 15.2 Å². The van der Waals surface area contributed by atoms with Gasteiger partial charge in [-0.05, 0) is 36.1 Å². The Morgan fingerprint density at radius 3 is 2.29 bits per heavy atom. The molecule has 1 heterocycles. The molecule has 0 unspecified atom stereocenters. The second-order valence-corrected chi connectivity index (χ2v) is 7.54. The lowest BCUT2D eigenvalue weighted by Gasteiger charge is -2.42. The Balaban J connectivity index is 1.60. The molecule has 6 heteroatoms. The van der Waals surface area contributed by atoms with E-state index in [0.29, 0.717) is 43.0 Å². The summed E-state index contributed by atoms with van der Waals surface area (Å²) in [5.74, 6) is 0.880. The van der Waals surface area contributed by atoms with Crippen molar-refractivity contribution in [2.24, 2.45) is 5.73 Å². The third-order valence-electron chi connectivity index (χ3n) is 6.35. The number of nitrogens with zero attached hydrogens (tertiary/aromatic N) is 1. The fourth-order valence-electron chi connectivity index (χ4n) is 4.81. The number of aliphatic hydroxyl groups is 1. The quantitative estimate of drug-likeness (QED) is 0.851. The number of ether oxygens (including phenoxy) is 2. The molecular weight excluding hydrogens is 356 g/mol. The average Bonchev–Trinajstić information content (AvgIpc) is 2.95. The molecule has 2 aromatic carbocycles. The van der Waals surface area contributed by atoms with Crippen molar-refractivity contribution < 1.29 is 19.4 Å². The van der Waals surface area contributed by atoms with Crippen LogP contribution in [0.25, 0.3) is 0 Å². The van der Waals surface area contributed by atoms with Crippen molar-refractivity contribution in [3.05, 3.63) is 59.2 Å². The van der Waals surface area contributed by atoms with Crippen LogP contribution < -0.4 is 15.2 Å². The van der Waals surface area contributed by atoms with Gasteiger partial charge in [-0.2, -0.15) is 0 Å². The summed E-state index contributed by atoms with van der Waals surface area (Å²) in [6.07, 6.45) is 0.701. The highest BCUT2D eigenvalue weighted by molar-refractivity contribution is 5.99. The summed E-state index contributed by atoms with van der Waals surface area (Å²) in [5.41, 5.74) is 8.48. The second-order valence-electron chi connectivity index (χ2n) is 7.54. The smallest absolute Gasteiger partial charge is 0.261 e. The molecule has 0 radical (unpaired) electrons. The number of nitrogens with two attached hydrogens (primary N) is 1. The summed E-state index contributed by atoms with van der Waals surface area (Å²) >= 11 is 0. The first kappa shape index (κ1) is 18.8. The van der Waals surface area contributed by atoms with Crippen LogP contribution in [0.4, 0.5) is 0 Å². The van der Waals surface area contributed by atoms with Gasteiger partial charge in [0, 0.05) is 18.5 Å². The summed E-state index contributed by atoms with van der Waals surface area (Å²) in [4.78, 5) is 15.0. The Hall–Kier alpha value is -2.57. The van der Waals surface area contributed by atoms with Crippen LogP contribution in [0.3, 0.4) is 0 Å². The molecule has 0 aromatic heterocycles. The average molecular weight is 382 g/mol. The molecule has 3 N–H and O–H groups in total. The second kappa shape index (κ2) is 7.11. The Morgan fingerprint density at radius 1 is 1.07 bits per heavy atom. The zero-order valence-corrected chi connectivity index (χ0v) is 16.2. The van der Waals surface area contributed by atoms with E-state index >= 15 is 0 Å². The highest BCUT2D eigenvalue weighted by Crippen LogP contribution is 2.50. The first-order valence-corrected chi connectivity index (χ1v) is 9.57. The van der Waals surface area contributed by atoms with Crippen LogP contribution in [0, 0.1) is 0 Å². The lowest BCUT2D eigenvalue weighted by Crippen LogP contribution is -2.50. The molecule has 1 saturated heterocycles. The van der Waals surface area contributed by atoms with Gasteiger partial charge in [0.1, 0.15) is 17.1 Å². The number of methoxy groups -OCH3 is 2. The van der Waals surface area contributed by atoms with E-state index < -0.39 is 11.5 Å². The molecule has 6 nitrogen and oxygen atoms in total. The number of amides is 1. The van der Waals surface area contributed by atoms with Crippen LogP contribution >= 0.6 is 0 Å². The SMILES string of the molecule is COc1cccc(OC)c1C(=O)N1CCC2(CC1)c1ccccc1[C@@H](N)[C@@H]2O. The maximum atomic E-state index is 13.2. The number of likely N-dealkylation sites (tertiary alicyclic amines) is 1. The van der Waals surface area contributed by atoms with Crippen LogP contribution in [0.1, 0.15) is 40.4 Å². The highest BCUT2D eigenvalue weighted by Gasteiger charge is 2.51. The zero-order chi connectivity index (χ0) is 19.9. The number of carbonyl (C=O) groups is 1. The third-order valence-corrected chi connectivity index (χ3v) is 6.35. The first-order chi connectivity index (χ1) is 13.5. The van der Waals surface area contributed by atoms with Crippen molar-refractivity contribution in [1.29, 1.82) is 0 Å². The predicted octanol–water partition coefficient (Wildman–Crippen LogP) is 2.25. The molecule has 1 aliphatic heterocycles. The van der Waals surface area contributed by atoms with Crippen molar-refractivity contribution in [1.82, 2.24) is 4.90 Å². The molecule has 0 saturated carbocycles. The molecule has 2 aromatic rings. The Kier molecular flexibility index (Phi) is 4.77. The molecule has 2 atom stereocenters. The van der Waals surface area contributed by atoms with E-state index in [9.17, 15) is 9.90 Å². The Labute approximate surface area is 164 Å². The molecule has 1 amide bonds. The van der Waals surface area contributed by atoms with E-state index in [-0.39, 0.29) is 11.9 Å². The zero-order valence-electron chi connectivity index (χ0n) is 16.2. The third kappa shape index (κ3) is 2.67. The summed E-state index contributed by atoms with van der Waals surface area (Å²) in [7, 11) is 3.09. The minimum atomic E-state index is -0.636. The number of carbonyl (C=O) groups excluding carboxylic acids is 1. The van der Waals surface area contributed by atoms with Gasteiger partial charge in [-0.25, -0.2) is 0 Å². The number of piperidine rings is 1. The van der Waals surface area contributed by atoms with Crippen LogP contribution in [0.5, 0.6) is 11.5 Å². The summed E-state index contributed by atoms with van der Waals surface area (Å²) in [6, 6.07) is 12.9. The van der Waals surface area contributed by atoms with Crippen LogP contribution in [-0.2, 0) is 5.41 Å². The van der Waals surface area contributed by atoms with E-state index in [1.54, 1.807) is 32.4 Å². The monoisotopic (exact) mass is 382 g/mol. The molecule has 0 bridgehead atoms. The molecule has 1 spiro atoms. The number of aliphatic hydroxyl groups excluding tert-OH is 1. The minimum Gasteiger partial charge on any atom is -0.496 e. The van der Waals surface area contributed by atoms with Gasteiger partial charge >= 0.3 is 0 Å². The minimum absolute atomic E-state index is 0.116. The standard InChI is InChI=1S/C22H26N2O4/c1-27-16-8-5-9-17(28-2)18(16)21(26)24-12-10-22(11-13-24)15-7-4-3-6-14(15)19(23)20(22)25/h3-9,19-20,25H,10-13,23H2,1-2H3/t19-,20+/m1/s1. The molecule has 2 aliphatic rings. The fraction of sp³-hybridized carbons (Fsp3) is 0.409. The topological polar surface area (TPSA) is 85.0 Å². The molecule has 4 rings (SSSR count). The maximum Gasteiger partial charge on any atom is 0.261 e. The van der Waals surface area contributed by atoms with E-state index in [1.165, 1.54) is 0 Å². The van der Waals surface area contributed by atoms with Gasteiger partial charge in [-0.15, -0.1) is 0 Å². The molecule has 148 valence electrons. The lowest BCUT2D eigenvalue weighted by atomic mass is 9.72. The van der Waals surface area contributed by atoms with E-state index in [2.05, 4.69) is 6.07 Å². The van der Waals surface area contributed by atoms with Crippen molar-refractivity contribution in [2.45, 2.75) is 30.4 Å². The molecule has 28 heavy (non-hydrogen) atoms. The molecular formula is C22H26N2O4. The van der Waals surface area contributed by atoms with Crippen molar-refractivity contribution in [3.63, 3.8) is 0 Å². The van der Waals surface area contributed by atoms with Crippen molar-refractivity contribution >= 4 is 5.91 Å². The molecule has 1 aliphatic carbocycles. The van der Waals surface area contributed by atoms with E-state index in [0.717, 1.165) is 11.1 Å². The van der Waals surface area contributed by atoms with Crippen molar-refractivity contribution in [2.75, 3.05) is 27.3 Å². The van der Waals surface area contributed by atoms with Gasteiger partial charge in [0.05, 0.1) is 26.4 Å². The first-order valence-electron chi connectivity index (χ1n) is 9.57. The predicted molar refractivity (Wildman–Crippen MR) is 106 cm³/mol. The number of fused-ring (bicyclic) bond motifs is 2. The van der Waals surface area contributed by atoms with Crippen LogP contribution in [-0.4, -0.2) is 49.3 Å². The van der Waals surface area contributed by atoms with E-state index in [1.807, 2.05) is 23.1 Å². The van der Waals surface area contributed by atoms with Crippen LogP contribution in [0.2, 0.25) is 0 Å². The largest absolute Gasteiger partial charge is 0.496 e. The van der Waals surface area contributed by atoms with Gasteiger partial charge in [0.15, 0.2) is 0 Å². The lowest BCUT2D eigenvalue weighted by molar-refractivity contribution is 0.0260. The molecule has 1 fully saturated rings. The summed E-state index contributed by atoms with van der Waals surface area (Å²) in [5, 5.41) is 10.9. The Morgan fingerprint density at radius 2 is 1.68 bits per heavy atom. The summed E-state index contributed by atoms with van der Waals surface area (Å²) in [6.45, 7) is 1.08. The van der Waals surface area contributed by atoms with Gasteiger partial charge in [-0.1, -0.05) is 30.3 Å². The Bertz CT molecular complexity index is 868. The van der Waals surface area contributed by atoms with Gasteiger partial charge < -0.3 is 25.2 Å². The number of hydrogen-bond acceptors (Lipinski definition) is 5.